The molecule has 24 heavy (non-hydrogen) atoms. The first kappa shape index (κ1) is 14.7. The molecule has 0 unspecified atom stereocenters. The van der Waals surface area contributed by atoms with Crippen molar-refractivity contribution in [2.75, 3.05) is 7.11 Å². The lowest BCUT2D eigenvalue weighted by Crippen LogP contribution is -2.03. The number of benzene rings is 2. The van der Waals surface area contributed by atoms with E-state index in [0.29, 0.717) is 27.7 Å². The molecule has 1 heterocycles. The largest absolute Gasteiger partial charge is 0.507 e. The predicted molar refractivity (Wildman–Crippen MR) is 86.9 cm³/mol. The van der Waals surface area contributed by atoms with Gasteiger partial charge in [0.1, 0.15) is 22.6 Å². The fourth-order valence-electron chi connectivity index (χ4n) is 3.44. The summed E-state index contributed by atoms with van der Waals surface area (Å²) in [4.78, 5) is 24.5. The highest BCUT2D eigenvalue weighted by Crippen LogP contribution is 2.45. The molecule has 4 rings (SSSR count). The molecule has 0 aliphatic heterocycles. The van der Waals surface area contributed by atoms with E-state index in [1.807, 2.05) is 0 Å². The van der Waals surface area contributed by atoms with E-state index in [0.717, 1.165) is 0 Å². The van der Waals surface area contributed by atoms with E-state index < -0.39 is 6.10 Å². The summed E-state index contributed by atoms with van der Waals surface area (Å²) in [5.41, 5.74) is 0.553. The summed E-state index contributed by atoms with van der Waals surface area (Å²) in [6, 6.07) is 4.34. The number of aromatic hydroxyl groups is 1. The second kappa shape index (κ2) is 4.82. The Hall–Kier alpha value is -2.86. The molecular formula is C18H14O6. The number of carbonyl (C=O) groups is 1. The van der Waals surface area contributed by atoms with Gasteiger partial charge in [0.15, 0.2) is 16.8 Å². The molecule has 1 atom stereocenters. The van der Waals surface area contributed by atoms with Crippen molar-refractivity contribution in [3.8, 4) is 11.5 Å². The minimum absolute atomic E-state index is 0.0189. The fraction of sp³-hybridized carbons (Fsp3) is 0.222. The maximum absolute atomic E-state index is 12.3. The molecular weight excluding hydrogens is 312 g/mol. The van der Waals surface area contributed by atoms with Crippen LogP contribution in [0.2, 0.25) is 0 Å². The Balaban J connectivity index is 2.31. The van der Waals surface area contributed by atoms with Crippen LogP contribution in [-0.4, -0.2) is 23.1 Å². The van der Waals surface area contributed by atoms with Crippen LogP contribution in [0.4, 0.5) is 0 Å². The summed E-state index contributed by atoms with van der Waals surface area (Å²) >= 11 is 0. The van der Waals surface area contributed by atoms with Crippen LogP contribution in [-0.2, 0) is 0 Å². The number of carbonyl (C=O) groups excluding carboxylic acids is 1. The fourth-order valence-corrected chi connectivity index (χ4v) is 3.44. The number of aliphatic hydroxyl groups excluding tert-OH is 1. The zero-order valence-electron chi connectivity index (χ0n) is 13.0. The molecule has 122 valence electrons. The average molecular weight is 326 g/mol. The van der Waals surface area contributed by atoms with Crippen molar-refractivity contribution in [3.63, 3.8) is 0 Å². The minimum Gasteiger partial charge on any atom is -0.507 e. The lowest BCUT2D eigenvalue weighted by atomic mass is 9.97. The average Bonchev–Trinajstić information content (AvgIpc) is 2.79. The highest BCUT2D eigenvalue weighted by molar-refractivity contribution is 6.16. The summed E-state index contributed by atoms with van der Waals surface area (Å²) in [6.45, 7) is 1.63. The molecule has 0 spiro atoms. The molecule has 0 fully saturated rings. The number of rotatable bonds is 1. The van der Waals surface area contributed by atoms with Gasteiger partial charge < -0.3 is 19.4 Å². The molecule has 3 aromatic rings. The van der Waals surface area contributed by atoms with Crippen molar-refractivity contribution in [1.29, 1.82) is 0 Å². The Bertz CT molecular complexity index is 1090. The van der Waals surface area contributed by atoms with E-state index in [2.05, 4.69) is 0 Å². The minimum atomic E-state index is -0.909. The van der Waals surface area contributed by atoms with Gasteiger partial charge in [0.05, 0.1) is 24.2 Å². The van der Waals surface area contributed by atoms with Crippen LogP contribution in [0.25, 0.3) is 21.7 Å². The van der Waals surface area contributed by atoms with Crippen LogP contribution >= 0.6 is 0 Å². The SMILES string of the molecule is COc1c2c(cc3cc(O)c4c(=O)cc(C)oc4c13)[C@H](O)CC2=O. The normalized spacial score (nSPS) is 16.8. The van der Waals surface area contributed by atoms with Gasteiger partial charge in [-0.3, -0.25) is 9.59 Å². The maximum Gasteiger partial charge on any atom is 0.196 e. The van der Waals surface area contributed by atoms with Crippen LogP contribution in [0.15, 0.2) is 27.4 Å². The van der Waals surface area contributed by atoms with Gasteiger partial charge in [-0.1, -0.05) is 0 Å². The summed E-state index contributed by atoms with van der Waals surface area (Å²) in [6.07, 6.45) is -0.928. The molecule has 6 heteroatoms. The van der Waals surface area contributed by atoms with Crippen LogP contribution < -0.4 is 10.2 Å². The number of phenolic OH excluding ortho intramolecular Hbond substituents is 1. The number of ketones is 1. The molecule has 0 radical (unpaired) electrons. The first-order valence-electron chi connectivity index (χ1n) is 7.44. The van der Waals surface area contributed by atoms with Crippen molar-refractivity contribution < 1.29 is 24.2 Å². The first-order valence-corrected chi connectivity index (χ1v) is 7.44. The zero-order chi connectivity index (χ0) is 17.2. The third kappa shape index (κ3) is 1.80. The lowest BCUT2D eigenvalue weighted by molar-refractivity contribution is 0.0928. The highest BCUT2D eigenvalue weighted by atomic mass is 16.5. The zero-order valence-corrected chi connectivity index (χ0v) is 13.0. The lowest BCUT2D eigenvalue weighted by Gasteiger charge is -2.14. The summed E-state index contributed by atoms with van der Waals surface area (Å²) in [7, 11) is 1.42. The van der Waals surface area contributed by atoms with Crippen LogP contribution in [0, 0.1) is 6.92 Å². The molecule has 1 aliphatic carbocycles. The van der Waals surface area contributed by atoms with Crippen LogP contribution in [0.3, 0.4) is 0 Å². The van der Waals surface area contributed by atoms with Crippen molar-refractivity contribution in [3.05, 3.63) is 45.3 Å². The Labute approximate surface area is 135 Å². The molecule has 0 bridgehead atoms. The van der Waals surface area contributed by atoms with Gasteiger partial charge in [0, 0.05) is 12.5 Å². The van der Waals surface area contributed by atoms with Gasteiger partial charge in [0.2, 0.25) is 0 Å². The Morgan fingerprint density at radius 3 is 2.67 bits per heavy atom. The molecule has 2 N–H and O–H groups in total. The summed E-state index contributed by atoms with van der Waals surface area (Å²) in [5, 5.41) is 21.3. The molecule has 6 nitrogen and oxygen atoms in total. The van der Waals surface area contributed by atoms with E-state index in [9.17, 15) is 19.8 Å². The number of hydrogen-bond acceptors (Lipinski definition) is 6. The van der Waals surface area contributed by atoms with Gasteiger partial charge in [-0.25, -0.2) is 0 Å². The van der Waals surface area contributed by atoms with E-state index in [-0.39, 0.29) is 40.1 Å². The van der Waals surface area contributed by atoms with Crippen molar-refractivity contribution in [1.82, 2.24) is 0 Å². The quantitative estimate of drug-likeness (QED) is 0.667. The molecule has 2 aromatic carbocycles. The third-order valence-electron chi connectivity index (χ3n) is 4.41. The smallest absolute Gasteiger partial charge is 0.196 e. The number of phenols is 1. The van der Waals surface area contributed by atoms with E-state index in [4.69, 9.17) is 9.15 Å². The van der Waals surface area contributed by atoms with Gasteiger partial charge in [0.25, 0.3) is 0 Å². The number of methoxy groups -OCH3 is 1. The van der Waals surface area contributed by atoms with Crippen molar-refractivity contribution in [2.45, 2.75) is 19.4 Å². The summed E-state index contributed by atoms with van der Waals surface area (Å²) < 4.78 is 11.1. The number of fused-ring (bicyclic) bond motifs is 4. The van der Waals surface area contributed by atoms with Crippen LogP contribution in [0.5, 0.6) is 11.5 Å². The van der Waals surface area contributed by atoms with E-state index in [1.54, 1.807) is 13.0 Å². The molecule has 1 aromatic heterocycles. The third-order valence-corrected chi connectivity index (χ3v) is 4.41. The Kier molecular flexibility index (Phi) is 2.95. The Morgan fingerprint density at radius 2 is 1.96 bits per heavy atom. The first-order chi connectivity index (χ1) is 11.4. The molecule has 1 aliphatic rings. The highest BCUT2D eigenvalue weighted by Gasteiger charge is 2.33. The topological polar surface area (TPSA) is 97.0 Å². The van der Waals surface area contributed by atoms with Crippen LogP contribution in [0.1, 0.15) is 34.2 Å². The van der Waals surface area contributed by atoms with Gasteiger partial charge >= 0.3 is 0 Å². The van der Waals surface area contributed by atoms with Crippen molar-refractivity contribution in [2.24, 2.45) is 0 Å². The molecule has 0 amide bonds. The van der Waals surface area contributed by atoms with E-state index in [1.165, 1.54) is 19.2 Å². The number of ether oxygens (including phenoxy) is 1. The second-order valence-electron chi connectivity index (χ2n) is 5.94. The summed E-state index contributed by atoms with van der Waals surface area (Å²) in [5.74, 6) is 0.190. The Morgan fingerprint density at radius 1 is 1.21 bits per heavy atom. The van der Waals surface area contributed by atoms with E-state index >= 15 is 0 Å². The van der Waals surface area contributed by atoms with Gasteiger partial charge in [-0.2, -0.15) is 0 Å². The number of Topliss-reactive ketones (excluding diaryl/α,β-unsaturated/α-hetero) is 1. The van der Waals surface area contributed by atoms with Gasteiger partial charge in [-0.05, 0) is 30.0 Å². The van der Waals surface area contributed by atoms with Crippen molar-refractivity contribution >= 4 is 27.5 Å². The number of aliphatic hydroxyl groups is 1. The maximum atomic E-state index is 12.3. The number of aryl methyl sites for hydroxylation is 1. The predicted octanol–water partition coefficient (Wildman–Crippen LogP) is 2.59. The molecule has 0 saturated heterocycles. The second-order valence-corrected chi connectivity index (χ2v) is 5.94. The van der Waals surface area contributed by atoms with Gasteiger partial charge in [-0.15, -0.1) is 0 Å². The molecule has 0 saturated carbocycles. The standard InChI is InChI=1S/C18H14O6/c1-7-3-11(20)16-12(21)5-8-4-9-10(19)6-13(22)15(9)17(23-2)14(8)18(16)24-7/h3-5,10,19,21H,6H2,1-2H3/t10-/m1/s1. The number of hydrogen-bond donors (Lipinski definition) is 2. The monoisotopic (exact) mass is 326 g/mol.